The van der Waals surface area contributed by atoms with Gasteiger partial charge in [-0.2, -0.15) is 0 Å². The van der Waals surface area contributed by atoms with Gasteiger partial charge in [0.2, 0.25) is 6.71 Å². The van der Waals surface area contributed by atoms with E-state index in [9.17, 15) is 0 Å². The molecule has 2 aromatic heterocycles. The first kappa shape index (κ1) is 51.4. The number of anilines is 4. The Morgan fingerprint density at radius 1 is 0.373 bits per heavy atom. The predicted octanol–water partition coefficient (Wildman–Crippen LogP) is 18.4. The SMILES string of the molecule is CC(C)(C)c1ccc(-c2cccc(-c3ccc(C(C)(C)C)cc3)c2B(c2cccc(N3CN(c4c(-c5ccccc5)cccc4-c4ccccc4)c4c3ccc3ccccc43)c2)c2ccc3c4ccccc4n(-c4ccccn4)c3c2)cc1. The monoisotopic (exact) mass is 1070 g/mol. The molecule has 14 rings (SSSR count). The van der Waals surface area contributed by atoms with Gasteiger partial charge in [-0.25, -0.2) is 4.98 Å². The molecule has 0 fully saturated rings. The highest BCUT2D eigenvalue weighted by molar-refractivity contribution is 6.97. The zero-order valence-electron chi connectivity index (χ0n) is 48.1. The zero-order chi connectivity index (χ0) is 56.4. The van der Waals surface area contributed by atoms with Crippen molar-refractivity contribution in [2.45, 2.75) is 52.4 Å². The summed E-state index contributed by atoms with van der Waals surface area (Å²) < 4.78 is 2.35. The topological polar surface area (TPSA) is 24.3 Å². The van der Waals surface area contributed by atoms with E-state index < -0.39 is 0 Å². The second-order valence-corrected chi connectivity index (χ2v) is 24.4. The van der Waals surface area contributed by atoms with Gasteiger partial charge in [-0.1, -0.05) is 282 Å². The lowest BCUT2D eigenvalue weighted by molar-refractivity contribution is 0.590. The molecule has 0 atom stereocenters. The highest BCUT2D eigenvalue weighted by Crippen LogP contribution is 2.52. The third-order valence-electron chi connectivity index (χ3n) is 17.1. The number of benzene rings is 11. The molecule has 400 valence electrons. The van der Waals surface area contributed by atoms with Crippen LogP contribution in [0.5, 0.6) is 0 Å². The Hall–Kier alpha value is -9.71. The summed E-state index contributed by atoms with van der Waals surface area (Å²) in [6, 6.07) is 99.4. The fourth-order valence-electron chi connectivity index (χ4n) is 12.9. The number of rotatable bonds is 10. The quantitative estimate of drug-likeness (QED) is 0.128. The van der Waals surface area contributed by atoms with Crippen molar-refractivity contribution in [3.63, 3.8) is 0 Å². The Morgan fingerprint density at radius 2 is 0.904 bits per heavy atom. The van der Waals surface area contributed by atoms with Gasteiger partial charge < -0.3 is 9.80 Å². The molecule has 1 aliphatic rings. The molecule has 0 bridgehead atoms. The van der Waals surface area contributed by atoms with Crippen LogP contribution in [-0.2, 0) is 10.8 Å². The van der Waals surface area contributed by atoms with Crippen LogP contribution in [0.25, 0.3) is 82.9 Å². The van der Waals surface area contributed by atoms with Crippen LogP contribution in [0.3, 0.4) is 0 Å². The molecule has 13 aromatic rings. The van der Waals surface area contributed by atoms with Crippen molar-refractivity contribution < 1.29 is 0 Å². The van der Waals surface area contributed by atoms with Crippen LogP contribution in [0.2, 0.25) is 0 Å². The Balaban J connectivity index is 1.02. The third kappa shape index (κ3) is 9.27. The number of hydrogen-bond donors (Lipinski definition) is 0. The van der Waals surface area contributed by atoms with Gasteiger partial charge in [0.25, 0.3) is 0 Å². The van der Waals surface area contributed by atoms with Gasteiger partial charge in [0, 0.05) is 39.2 Å². The molecule has 0 aliphatic carbocycles. The van der Waals surface area contributed by atoms with E-state index in [0.717, 1.165) is 22.5 Å². The molecule has 0 amide bonds. The fraction of sp³-hybridized carbons (Fsp3) is 0.115. The fourth-order valence-corrected chi connectivity index (χ4v) is 12.9. The van der Waals surface area contributed by atoms with E-state index in [1.165, 1.54) is 111 Å². The number of pyridine rings is 1. The molecule has 0 unspecified atom stereocenters. The van der Waals surface area contributed by atoms with Crippen molar-refractivity contribution in [2.75, 3.05) is 16.5 Å². The lowest BCUT2D eigenvalue weighted by Gasteiger charge is -2.28. The molecule has 83 heavy (non-hydrogen) atoms. The van der Waals surface area contributed by atoms with E-state index in [1.54, 1.807) is 0 Å². The van der Waals surface area contributed by atoms with Gasteiger partial charge in [0.1, 0.15) is 12.5 Å². The van der Waals surface area contributed by atoms with Crippen molar-refractivity contribution in [2.24, 2.45) is 0 Å². The maximum Gasteiger partial charge on any atom is 0.243 e. The highest BCUT2D eigenvalue weighted by Gasteiger charge is 2.35. The molecular formula is C78H65BN4. The van der Waals surface area contributed by atoms with Crippen LogP contribution in [0.1, 0.15) is 52.7 Å². The van der Waals surface area contributed by atoms with Gasteiger partial charge in [0.05, 0.1) is 28.1 Å². The van der Waals surface area contributed by atoms with Crippen LogP contribution >= 0.6 is 0 Å². The van der Waals surface area contributed by atoms with E-state index in [0.29, 0.717) is 6.67 Å². The molecule has 4 nitrogen and oxygen atoms in total. The van der Waals surface area contributed by atoms with Gasteiger partial charge in [-0.05, 0) is 103 Å². The minimum Gasteiger partial charge on any atom is -0.321 e. The van der Waals surface area contributed by atoms with Gasteiger partial charge in [0.15, 0.2) is 0 Å². The van der Waals surface area contributed by atoms with Crippen LogP contribution in [-0.4, -0.2) is 22.9 Å². The molecule has 0 saturated carbocycles. The van der Waals surface area contributed by atoms with Crippen molar-refractivity contribution in [3.8, 4) is 50.3 Å². The van der Waals surface area contributed by atoms with Crippen LogP contribution in [0.4, 0.5) is 22.7 Å². The number of para-hydroxylation sites is 2. The summed E-state index contributed by atoms with van der Waals surface area (Å²) in [7, 11) is 0. The number of hydrogen-bond acceptors (Lipinski definition) is 3. The van der Waals surface area contributed by atoms with E-state index >= 15 is 0 Å². The lowest BCUT2D eigenvalue weighted by Crippen LogP contribution is -2.53. The standard InChI is InChI=1S/C78H65BN4/c1-77(2,3)58-42-37-56(38-43-58)63-31-20-32-64(57-39-44-59(45-40-57)78(4,5)6)74(63)79(61-46-47-69-68-30-15-16-35-70(68)83(72(69)51-61)73-36-17-18-49-80-73)60-27-19-28-62(50-60)81-52-82(76-67-29-14-13-26-55(67)41-48-71(76)81)75-65(53-22-9-7-10-23-53)33-21-34-66(75)54-24-11-8-12-25-54/h7-51H,52H2,1-6H3. The molecule has 0 radical (unpaired) electrons. The normalized spacial score (nSPS) is 12.6. The van der Waals surface area contributed by atoms with Crippen molar-refractivity contribution in [3.05, 3.63) is 284 Å². The summed E-state index contributed by atoms with van der Waals surface area (Å²) in [4.78, 5) is 10.1. The van der Waals surface area contributed by atoms with E-state index in [4.69, 9.17) is 4.98 Å². The minimum atomic E-state index is -0.233. The Bertz CT molecular complexity index is 4400. The largest absolute Gasteiger partial charge is 0.321 e. The number of nitrogens with zero attached hydrogens (tertiary/aromatic N) is 4. The summed E-state index contributed by atoms with van der Waals surface area (Å²) in [5.41, 5.74) is 22.7. The maximum absolute atomic E-state index is 4.99. The first-order valence-electron chi connectivity index (χ1n) is 29.2. The Kier molecular flexibility index (Phi) is 12.8. The highest BCUT2D eigenvalue weighted by atomic mass is 15.4. The smallest absolute Gasteiger partial charge is 0.243 e. The van der Waals surface area contributed by atoms with E-state index in [-0.39, 0.29) is 17.5 Å². The maximum atomic E-state index is 4.99. The van der Waals surface area contributed by atoms with Crippen molar-refractivity contribution in [1.29, 1.82) is 0 Å². The third-order valence-corrected chi connectivity index (χ3v) is 17.1. The van der Waals surface area contributed by atoms with Gasteiger partial charge in [-0.3, -0.25) is 4.57 Å². The minimum absolute atomic E-state index is 0.00522. The first-order valence-corrected chi connectivity index (χ1v) is 29.2. The van der Waals surface area contributed by atoms with E-state index in [2.05, 4.69) is 317 Å². The molecule has 1 aliphatic heterocycles. The predicted molar refractivity (Wildman–Crippen MR) is 355 cm³/mol. The molecule has 5 heteroatoms. The molecule has 0 N–H and O–H groups in total. The average Bonchev–Trinajstić information content (AvgIpc) is 3.64. The molecule has 0 spiro atoms. The van der Waals surface area contributed by atoms with Crippen molar-refractivity contribution >= 4 is 78.4 Å². The van der Waals surface area contributed by atoms with Gasteiger partial charge in [-0.15, -0.1) is 0 Å². The summed E-state index contributed by atoms with van der Waals surface area (Å²) >= 11 is 0. The summed E-state index contributed by atoms with van der Waals surface area (Å²) in [6.45, 7) is 14.1. The number of aromatic nitrogens is 2. The Labute approximate surface area is 488 Å². The van der Waals surface area contributed by atoms with Crippen molar-refractivity contribution in [1.82, 2.24) is 9.55 Å². The summed E-state index contributed by atoms with van der Waals surface area (Å²) in [5, 5.41) is 4.82. The van der Waals surface area contributed by atoms with Gasteiger partial charge >= 0.3 is 0 Å². The van der Waals surface area contributed by atoms with Crippen LogP contribution < -0.4 is 26.2 Å². The van der Waals surface area contributed by atoms with Crippen LogP contribution in [0.15, 0.2) is 273 Å². The average molecular weight is 1070 g/mol. The Morgan fingerprint density at radius 3 is 1.52 bits per heavy atom. The molecule has 3 heterocycles. The van der Waals surface area contributed by atoms with Crippen LogP contribution in [0, 0.1) is 0 Å². The number of fused-ring (bicyclic) bond motifs is 6. The zero-order valence-corrected chi connectivity index (χ0v) is 48.1. The summed E-state index contributed by atoms with van der Waals surface area (Å²) in [6.07, 6.45) is 1.90. The summed E-state index contributed by atoms with van der Waals surface area (Å²) in [5.74, 6) is 0.891. The molecular weight excluding hydrogens is 1000 g/mol. The second-order valence-electron chi connectivity index (χ2n) is 24.4. The molecule has 11 aromatic carbocycles. The molecule has 0 saturated heterocycles. The lowest BCUT2D eigenvalue weighted by atomic mass is 9.35. The second kappa shape index (κ2) is 20.7. The van der Waals surface area contributed by atoms with E-state index in [1.807, 2.05) is 12.3 Å². The first-order chi connectivity index (χ1) is 40.5.